The fourth-order valence-electron chi connectivity index (χ4n) is 3.02. The van der Waals surface area contributed by atoms with E-state index in [2.05, 4.69) is 25.4 Å². The molecule has 0 aliphatic heterocycles. The van der Waals surface area contributed by atoms with Gasteiger partial charge >= 0.3 is 0 Å². The van der Waals surface area contributed by atoms with Gasteiger partial charge in [-0.15, -0.1) is 15.3 Å². The molecule has 0 saturated heterocycles. The fraction of sp³-hybridized carbons (Fsp3) is 0. The summed E-state index contributed by atoms with van der Waals surface area (Å²) in [6, 6.07) is 11.6. The van der Waals surface area contributed by atoms with Crippen LogP contribution in [-0.4, -0.2) is 34.6 Å². The summed E-state index contributed by atoms with van der Waals surface area (Å²) in [6.07, 6.45) is 4.91. The Morgan fingerprint density at radius 2 is 1.90 bits per heavy atom. The number of hydrogen-bond acceptors (Lipinski definition) is 6. The number of fused-ring (bicyclic) bond motifs is 1. The Hall–Kier alpha value is -3.85. The number of aromatic nitrogens is 7. The average Bonchev–Trinajstić information content (AvgIpc) is 3.36. The van der Waals surface area contributed by atoms with Crippen LogP contribution in [0.4, 0.5) is 10.2 Å². The van der Waals surface area contributed by atoms with Gasteiger partial charge in [-0.05, 0) is 42.0 Å². The minimum atomic E-state index is -0.525. The number of nitrogens with two attached hydrogens (primary N) is 1. The summed E-state index contributed by atoms with van der Waals surface area (Å²) >= 11 is 5.84. The van der Waals surface area contributed by atoms with Crippen LogP contribution < -0.4 is 5.73 Å². The first-order valence-corrected chi connectivity index (χ1v) is 8.91. The standard InChI is InChI=1S/C19H12ClFN8/c20-14-2-1-12(7-15(14)21)19-13(11-5-6-23-16(22)8-11)9-28(27-19)18-4-3-17-25-24-10-29(17)26-18/h1-10H,(H2,22,23). The molecule has 0 radical (unpaired) electrons. The van der Waals surface area contributed by atoms with Gasteiger partial charge in [0, 0.05) is 23.5 Å². The lowest BCUT2D eigenvalue weighted by Crippen LogP contribution is -2.02. The molecule has 8 nitrogen and oxygen atoms in total. The van der Waals surface area contributed by atoms with Crippen molar-refractivity contribution in [1.82, 2.24) is 34.6 Å². The van der Waals surface area contributed by atoms with Crippen molar-refractivity contribution in [2.24, 2.45) is 0 Å². The molecule has 4 aromatic heterocycles. The number of anilines is 1. The van der Waals surface area contributed by atoms with Crippen molar-refractivity contribution in [3.05, 3.63) is 72.0 Å². The molecule has 0 bridgehead atoms. The van der Waals surface area contributed by atoms with Crippen molar-refractivity contribution in [3.63, 3.8) is 0 Å². The molecule has 0 amide bonds. The van der Waals surface area contributed by atoms with Gasteiger partial charge in [-0.25, -0.2) is 14.1 Å². The SMILES string of the molecule is Nc1cc(-c2cn(-c3ccc4nncn4n3)nc2-c2ccc(Cl)c(F)c2)ccn1. The summed E-state index contributed by atoms with van der Waals surface area (Å²) < 4.78 is 17.3. The number of nitrogen functional groups attached to an aromatic ring is 1. The van der Waals surface area contributed by atoms with E-state index in [1.54, 1.807) is 45.9 Å². The Balaban J connectivity index is 1.72. The first-order valence-electron chi connectivity index (χ1n) is 8.53. The molecule has 10 heteroatoms. The van der Waals surface area contributed by atoms with Gasteiger partial charge < -0.3 is 5.73 Å². The highest BCUT2D eigenvalue weighted by Gasteiger charge is 2.17. The van der Waals surface area contributed by atoms with Crippen LogP contribution in [0, 0.1) is 5.82 Å². The maximum Gasteiger partial charge on any atom is 0.177 e. The second-order valence-corrected chi connectivity index (χ2v) is 6.67. The summed E-state index contributed by atoms with van der Waals surface area (Å²) in [6.45, 7) is 0. The third-order valence-corrected chi connectivity index (χ3v) is 4.69. The minimum absolute atomic E-state index is 0.0441. The predicted molar refractivity (Wildman–Crippen MR) is 106 cm³/mol. The molecule has 1 aromatic carbocycles. The van der Waals surface area contributed by atoms with E-state index in [0.717, 1.165) is 11.1 Å². The Bertz CT molecular complexity index is 1360. The van der Waals surface area contributed by atoms with Gasteiger partial charge in [0.15, 0.2) is 11.5 Å². The average molecular weight is 407 g/mol. The quantitative estimate of drug-likeness (QED) is 0.493. The lowest BCUT2D eigenvalue weighted by molar-refractivity contribution is 0.628. The summed E-state index contributed by atoms with van der Waals surface area (Å²) in [5.41, 5.74) is 9.12. The van der Waals surface area contributed by atoms with Crippen molar-refractivity contribution in [1.29, 1.82) is 0 Å². The van der Waals surface area contributed by atoms with Gasteiger partial charge in [0.2, 0.25) is 0 Å². The first-order chi connectivity index (χ1) is 14.1. The molecular formula is C19H12ClFN8. The Morgan fingerprint density at radius 1 is 1.00 bits per heavy atom. The van der Waals surface area contributed by atoms with E-state index >= 15 is 0 Å². The van der Waals surface area contributed by atoms with Crippen LogP contribution in [0.3, 0.4) is 0 Å². The zero-order valence-electron chi connectivity index (χ0n) is 14.7. The summed E-state index contributed by atoms with van der Waals surface area (Å²) in [5.74, 6) is 0.386. The van der Waals surface area contributed by atoms with Gasteiger partial charge in [0.25, 0.3) is 0 Å². The zero-order valence-corrected chi connectivity index (χ0v) is 15.5. The Morgan fingerprint density at radius 3 is 2.72 bits per heavy atom. The number of hydrogen-bond donors (Lipinski definition) is 1. The molecule has 5 aromatic rings. The van der Waals surface area contributed by atoms with Crippen LogP contribution in [0.1, 0.15) is 0 Å². The van der Waals surface area contributed by atoms with Crippen LogP contribution in [0.2, 0.25) is 5.02 Å². The number of benzene rings is 1. The van der Waals surface area contributed by atoms with Gasteiger partial charge in [0.05, 0.1) is 5.02 Å². The van der Waals surface area contributed by atoms with Gasteiger partial charge in [-0.2, -0.15) is 9.61 Å². The van der Waals surface area contributed by atoms with Crippen LogP contribution in [0.15, 0.2) is 61.2 Å². The number of halogens is 2. The third-order valence-electron chi connectivity index (χ3n) is 4.38. The zero-order chi connectivity index (χ0) is 20.0. The van der Waals surface area contributed by atoms with Crippen molar-refractivity contribution in [2.45, 2.75) is 0 Å². The number of rotatable bonds is 3. The second-order valence-electron chi connectivity index (χ2n) is 6.26. The van der Waals surface area contributed by atoms with E-state index in [9.17, 15) is 4.39 Å². The molecule has 5 rings (SSSR count). The van der Waals surface area contributed by atoms with E-state index in [1.807, 2.05) is 6.07 Å². The van der Waals surface area contributed by atoms with Crippen molar-refractivity contribution >= 4 is 23.1 Å². The van der Waals surface area contributed by atoms with Crippen molar-refractivity contribution in [2.75, 3.05) is 5.73 Å². The lowest BCUT2D eigenvalue weighted by atomic mass is 10.0. The molecule has 142 valence electrons. The van der Waals surface area contributed by atoms with E-state index in [4.69, 9.17) is 17.3 Å². The minimum Gasteiger partial charge on any atom is -0.384 e. The molecule has 0 unspecified atom stereocenters. The monoisotopic (exact) mass is 406 g/mol. The van der Waals surface area contributed by atoms with E-state index in [0.29, 0.717) is 28.5 Å². The van der Waals surface area contributed by atoms with Crippen LogP contribution in [0.25, 0.3) is 33.8 Å². The predicted octanol–water partition coefficient (Wildman–Crippen LogP) is 3.41. The molecule has 0 atom stereocenters. The Labute approximate surface area is 168 Å². The van der Waals surface area contributed by atoms with E-state index in [1.165, 1.54) is 18.5 Å². The largest absolute Gasteiger partial charge is 0.384 e. The molecular weight excluding hydrogens is 395 g/mol. The van der Waals surface area contributed by atoms with Gasteiger partial charge in [-0.3, -0.25) is 0 Å². The smallest absolute Gasteiger partial charge is 0.177 e. The molecule has 2 N–H and O–H groups in total. The van der Waals surface area contributed by atoms with E-state index in [-0.39, 0.29) is 5.02 Å². The van der Waals surface area contributed by atoms with E-state index < -0.39 is 5.82 Å². The van der Waals surface area contributed by atoms with Crippen LogP contribution >= 0.6 is 11.6 Å². The summed E-state index contributed by atoms with van der Waals surface area (Å²) in [7, 11) is 0. The normalized spacial score (nSPS) is 11.2. The van der Waals surface area contributed by atoms with Crippen molar-refractivity contribution in [3.8, 4) is 28.2 Å². The first kappa shape index (κ1) is 17.3. The van der Waals surface area contributed by atoms with Crippen LogP contribution in [-0.2, 0) is 0 Å². The highest BCUT2D eigenvalue weighted by Crippen LogP contribution is 2.33. The molecule has 0 fully saturated rings. The fourth-order valence-corrected chi connectivity index (χ4v) is 3.13. The summed E-state index contributed by atoms with van der Waals surface area (Å²) in [4.78, 5) is 4.03. The van der Waals surface area contributed by atoms with Crippen LogP contribution in [0.5, 0.6) is 0 Å². The lowest BCUT2D eigenvalue weighted by Gasteiger charge is -2.04. The highest BCUT2D eigenvalue weighted by molar-refractivity contribution is 6.30. The van der Waals surface area contributed by atoms with Crippen molar-refractivity contribution < 1.29 is 4.39 Å². The molecule has 4 heterocycles. The third kappa shape index (κ3) is 3.07. The maximum atomic E-state index is 14.1. The summed E-state index contributed by atoms with van der Waals surface area (Å²) in [5, 5.41) is 16.9. The van der Waals surface area contributed by atoms with Gasteiger partial charge in [0.1, 0.15) is 23.7 Å². The van der Waals surface area contributed by atoms with Gasteiger partial charge in [-0.1, -0.05) is 17.7 Å². The second kappa shape index (κ2) is 6.64. The molecule has 0 aliphatic carbocycles. The topological polar surface area (TPSA) is 99.8 Å². The number of pyridine rings is 1. The molecule has 0 aliphatic rings. The maximum absolute atomic E-state index is 14.1. The molecule has 0 spiro atoms. The molecule has 29 heavy (non-hydrogen) atoms. The number of nitrogens with zero attached hydrogens (tertiary/aromatic N) is 7. The Kier molecular flexibility index (Phi) is 3.95. The highest BCUT2D eigenvalue weighted by atomic mass is 35.5. The molecule has 0 saturated carbocycles.